The molecular formula is C25H28FNO4. The molecule has 3 rings (SSSR count). The van der Waals surface area contributed by atoms with Crippen LogP contribution in [0.25, 0.3) is 22.0 Å². The smallest absolute Gasteiger partial charge is 0.317 e. The van der Waals surface area contributed by atoms with Crippen molar-refractivity contribution in [3.63, 3.8) is 0 Å². The lowest BCUT2D eigenvalue weighted by Gasteiger charge is -2.26. The Balaban J connectivity index is 2.37. The average molecular weight is 426 g/mol. The highest BCUT2D eigenvalue weighted by Gasteiger charge is 2.37. The van der Waals surface area contributed by atoms with E-state index in [4.69, 9.17) is 4.74 Å². The summed E-state index contributed by atoms with van der Waals surface area (Å²) >= 11 is 0. The number of fused-ring (bicyclic) bond motifs is 1. The Bertz CT molecular complexity index is 1070. The monoisotopic (exact) mass is 425 g/mol. The van der Waals surface area contributed by atoms with Crippen molar-refractivity contribution in [2.75, 3.05) is 7.11 Å². The molecular weight excluding hydrogens is 397 g/mol. The molecule has 2 aromatic carbocycles. The lowest BCUT2D eigenvalue weighted by atomic mass is 9.88. The molecule has 6 heteroatoms. The first-order chi connectivity index (χ1) is 14.8. The number of methoxy groups -OCH3 is 1. The van der Waals surface area contributed by atoms with Gasteiger partial charge in [0.25, 0.3) is 0 Å². The van der Waals surface area contributed by atoms with E-state index < -0.39 is 24.1 Å². The average Bonchev–Trinajstić information content (AvgIpc) is 3.09. The van der Waals surface area contributed by atoms with Gasteiger partial charge in [-0.2, -0.15) is 0 Å². The van der Waals surface area contributed by atoms with Gasteiger partial charge in [-0.15, -0.1) is 6.58 Å². The number of carbonyl (C=O) groups is 1. The van der Waals surface area contributed by atoms with Crippen LogP contribution in [0.5, 0.6) is 0 Å². The van der Waals surface area contributed by atoms with E-state index in [0.29, 0.717) is 5.69 Å². The van der Waals surface area contributed by atoms with E-state index in [1.807, 2.05) is 42.7 Å². The number of aliphatic hydroxyl groups excluding tert-OH is 2. The van der Waals surface area contributed by atoms with Crippen LogP contribution in [-0.4, -0.2) is 40.1 Å². The third kappa shape index (κ3) is 4.40. The molecule has 3 aromatic rings. The number of aromatic nitrogens is 1. The van der Waals surface area contributed by atoms with Crippen molar-refractivity contribution in [3.05, 3.63) is 72.7 Å². The van der Waals surface area contributed by atoms with Crippen molar-refractivity contribution in [2.24, 2.45) is 0 Å². The van der Waals surface area contributed by atoms with Gasteiger partial charge < -0.3 is 19.5 Å². The largest absolute Gasteiger partial charge is 0.468 e. The molecule has 0 saturated heterocycles. The molecule has 5 nitrogen and oxygen atoms in total. The summed E-state index contributed by atoms with van der Waals surface area (Å²) in [7, 11) is 1.27. The molecule has 0 aliphatic carbocycles. The van der Waals surface area contributed by atoms with E-state index in [0.717, 1.165) is 22.0 Å². The molecule has 0 amide bonds. The maximum absolute atomic E-state index is 13.6. The predicted molar refractivity (Wildman–Crippen MR) is 119 cm³/mol. The Morgan fingerprint density at radius 3 is 2.39 bits per heavy atom. The standard InChI is InChI=1S/C25H28FNO4/c1-5-18(28)14-21(29)23(25(30)31-4)24-22(16-10-12-17(26)13-11-16)19-8-6-7-9-20(19)27(24)15(2)3/h5-13,15,18,21,23,28-29H,1,14H2,2-4H3. The summed E-state index contributed by atoms with van der Waals surface area (Å²) in [4.78, 5) is 12.9. The predicted octanol–water partition coefficient (Wildman–Crippen LogP) is 4.58. The zero-order valence-corrected chi connectivity index (χ0v) is 18.0. The molecule has 31 heavy (non-hydrogen) atoms. The molecule has 3 atom stereocenters. The minimum atomic E-state index is -1.22. The third-order valence-electron chi connectivity index (χ3n) is 5.49. The van der Waals surface area contributed by atoms with Gasteiger partial charge in [-0.05, 0) is 37.6 Å². The van der Waals surface area contributed by atoms with Crippen molar-refractivity contribution < 1.29 is 24.1 Å². The van der Waals surface area contributed by atoms with Gasteiger partial charge in [0, 0.05) is 34.6 Å². The lowest BCUT2D eigenvalue weighted by Crippen LogP contribution is -2.32. The fourth-order valence-corrected chi connectivity index (χ4v) is 4.12. The van der Waals surface area contributed by atoms with Gasteiger partial charge >= 0.3 is 5.97 Å². The number of esters is 1. The highest BCUT2D eigenvalue weighted by Crippen LogP contribution is 2.42. The number of halogens is 1. The van der Waals surface area contributed by atoms with Crippen LogP contribution in [-0.2, 0) is 9.53 Å². The van der Waals surface area contributed by atoms with Crippen molar-refractivity contribution in [2.45, 2.75) is 44.4 Å². The van der Waals surface area contributed by atoms with Gasteiger partial charge in [0.2, 0.25) is 0 Å². The second-order valence-corrected chi connectivity index (χ2v) is 7.85. The SMILES string of the molecule is C=CC(O)CC(O)C(C(=O)OC)c1c(-c2ccc(F)cc2)c2ccccc2n1C(C)C. The molecule has 0 fully saturated rings. The van der Waals surface area contributed by atoms with Gasteiger partial charge in [0.15, 0.2) is 0 Å². The number of benzene rings is 2. The van der Waals surface area contributed by atoms with Gasteiger partial charge in [0.1, 0.15) is 11.7 Å². The topological polar surface area (TPSA) is 71.7 Å². The molecule has 0 bridgehead atoms. The maximum Gasteiger partial charge on any atom is 0.317 e. The van der Waals surface area contributed by atoms with Crippen molar-refractivity contribution in [1.29, 1.82) is 0 Å². The van der Waals surface area contributed by atoms with Gasteiger partial charge in [0.05, 0.1) is 19.3 Å². The number of para-hydroxylation sites is 1. The zero-order chi connectivity index (χ0) is 22.7. The first-order valence-electron chi connectivity index (χ1n) is 10.2. The van der Waals surface area contributed by atoms with Crippen LogP contribution in [0.3, 0.4) is 0 Å². The van der Waals surface area contributed by atoms with Crippen LogP contribution in [0, 0.1) is 5.82 Å². The Morgan fingerprint density at radius 1 is 1.16 bits per heavy atom. The molecule has 0 saturated carbocycles. The van der Waals surface area contributed by atoms with E-state index in [2.05, 4.69) is 6.58 Å². The number of ether oxygens (including phenoxy) is 1. The minimum absolute atomic E-state index is 0.0437. The van der Waals surface area contributed by atoms with Crippen molar-refractivity contribution in [1.82, 2.24) is 4.57 Å². The first kappa shape index (κ1) is 22.7. The second-order valence-electron chi connectivity index (χ2n) is 7.85. The number of aliphatic hydroxyl groups is 2. The zero-order valence-electron chi connectivity index (χ0n) is 18.0. The fourth-order valence-electron chi connectivity index (χ4n) is 4.12. The summed E-state index contributed by atoms with van der Waals surface area (Å²) in [6, 6.07) is 13.7. The van der Waals surface area contributed by atoms with Crippen LogP contribution >= 0.6 is 0 Å². The minimum Gasteiger partial charge on any atom is -0.468 e. The second kappa shape index (κ2) is 9.45. The molecule has 2 N–H and O–H groups in total. The van der Waals surface area contributed by atoms with Gasteiger partial charge in [-0.3, -0.25) is 4.79 Å². The van der Waals surface area contributed by atoms with Gasteiger partial charge in [-0.1, -0.05) is 36.4 Å². The first-order valence-corrected chi connectivity index (χ1v) is 10.2. The number of hydrogen-bond acceptors (Lipinski definition) is 4. The molecule has 0 aliphatic rings. The molecule has 1 heterocycles. The van der Waals surface area contributed by atoms with E-state index >= 15 is 0 Å². The summed E-state index contributed by atoms with van der Waals surface area (Å²) in [6.45, 7) is 7.53. The Labute approximate surface area is 181 Å². The van der Waals surface area contributed by atoms with Gasteiger partial charge in [-0.25, -0.2) is 4.39 Å². The molecule has 0 spiro atoms. The third-order valence-corrected chi connectivity index (χ3v) is 5.49. The Hall–Kier alpha value is -2.96. The maximum atomic E-state index is 13.6. The van der Waals surface area contributed by atoms with Crippen molar-refractivity contribution >= 4 is 16.9 Å². The van der Waals surface area contributed by atoms with Crippen LogP contribution in [0.2, 0.25) is 0 Å². The fraction of sp³-hybridized carbons (Fsp3) is 0.320. The van der Waals surface area contributed by atoms with E-state index in [-0.39, 0.29) is 18.3 Å². The number of nitrogens with zero attached hydrogens (tertiary/aromatic N) is 1. The molecule has 0 radical (unpaired) electrons. The Kier molecular flexibility index (Phi) is 6.93. The molecule has 164 valence electrons. The van der Waals surface area contributed by atoms with Crippen LogP contribution in [0.1, 0.15) is 37.9 Å². The summed E-state index contributed by atoms with van der Waals surface area (Å²) in [6.07, 6.45) is -0.961. The molecule has 3 unspecified atom stereocenters. The van der Waals surface area contributed by atoms with Crippen LogP contribution in [0.15, 0.2) is 61.2 Å². The summed E-state index contributed by atoms with van der Waals surface area (Å²) in [5.41, 5.74) is 2.90. The quantitative estimate of drug-likeness (QED) is 0.409. The highest BCUT2D eigenvalue weighted by molar-refractivity contribution is 6.00. The lowest BCUT2D eigenvalue weighted by molar-refractivity contribution is -0.145. The number of hydrogen-bond donors (Lipinski definition) is 2. The number of carbonyl (C=O) groups excluding carboxylic acids is 1. The summed E-state index contributed by atoms with van der Waals surface area (Å²) < 4.78 is 20.7. The summed E-state index contributed by atoms with van der Waals surface area (Å²) in [5.74, 6) is -2.04. The normalized spacial score (nSPS) is 14.4. The van der Waals surface area contributed by atoms with Crippen LogP contribution in [0.4, 0.5) is 4.39 Å². The Morgan fingerprint density at radius 2 is 1.81 bits per heavy atom. The van der Waals surface area contributed by atoms with E-state index in [1.54, 1.807) is 12.1 Å². The van der Waals surface area contributed by atoms with Crippen LogP contribution < -0.4 is 0 Å². The van der Waals surface area contributed by atoms with E-state index in [1.165, 1.54) is 25.3 Å². The highest BCUT2D eigenvalue weighted by atomic mass is 19.1. The summed E-state index contributed by atoms with van der Waals surface area (Å²) in [5, 5.41) is 21.9. The van der Waals surface area contributed by atoms with Crippen molar-refractivity contribution in [3.8, 4) is 11.1 Å². The van der Waals surface area contributed by atoms with E-state index in [9.17, 15) is 19.4 Å². The molecule has 1 aromatic heterocycles. The number of rotatable bonds is 8. The molecule has 0 aliphatic heterocycles.